The van der Waals surface area contributed by atoms with Gasteiger partial charge in [0, 0.05) is 44.9 Å². The summed E-state index contributed by atoms with van der Waals surface area (Å²) in [5.41, 5.74) is 3.63. The minimum Gasteiger partial charge on any atom is -0.381 e. The van der Waals surface area contributed by atoms with Crippen molar-refractivity contribution in [3.63, 3.8) is 0 Å². The average molecular weight is 270 g/mol. The van der Waals surface area contributed by atoms with Gasteiger partial charge in [0.25, 0.3) is 5.91 Å². The van der Waals surface area contributed by atoms with E-state index in [1.54, 1.807) is 32.6 Å². The van der Waals surface area contributed by atoms with E-state index in [1.807, 2.05) is 25.3 Å². The summed E-state index contributed by atoms with van der Waals surface area (Å²) < 4.78 is 0. The molecule has 0 aromatic carbocycles. The van der Waals surface area contributed by atoms with Crippen molar-refractivity contribution in [3.05, 3.63) is 53.6 Å². The fourth-order valence-corrected chi connectivity index (χ4v) is 1.78. The van der Waals surface area contributed by atoms with Crippen LogP contribution in [0.4, 0.5) is 5.69 Å². The zero-order chi connectivity index (χ0) is 14.5. The highest BCUT2D eigenvalue weighted by Gasteiger charge is 2.09. The zero-order valence-corrected chi connectivity index (χ0v) is 11.9. The van der Waals surface area contributed by atoms with Gasteiger partial charge in [-0.1, -0.05) is 0 Å². The number of amides is 1. The van der Waals surface area contributed by atoms with Crippen LogP contribution in [0.5, 0.6) is 0 Å². The molecule has 2 aromatic heterocycles. The van der Waals surface area contributed by atoms with E-state index in [2.05, 4.69) is 15.3 Å². The first-order valence-corrected chi connectivity index (χ1v) is 6.39. The summed E-state index contributed by atoms with van der Waals surface area (Å²) in [6, 6.07) is 5.59. The van der Waals surface area contributed by atoms with Crippen LogP contribution in [-0.2, 0) is 6.54 Å². The van der Waals surface area contributed by atoms with E-state index in [0.717, 1.165) is 11.3 Å². The maximum Gasteiger partial charge on any atom is 0.272 e. The number of carbonyl (C=O) groups is 1. The number of aryl methyl sites for hydroxylation is 1. The first kappa shape index (κ1) is 14.0. The molecule has 5 heteroatoms. The first-order chi connectivity index (χ1) is 9.58. The third kappa shape index (κ3) is 3.32. The van der Waals surface area contributed by atoms with Gasteiger partial charge in [-0.05, 0) is 36.2 Å². The molecule has 1 amide bonds. The number of hydrogen-bond donors (Lipinski definition) is 1. The molecule has 0 spiro atoms. The fraction of sp³-hybridized carbons (Fsp3) is 0.267. The van der Waals surface area contributed by atoms with Crippen molar-refractivity contribution in [2.75, 3.05) is 19.4 Å². The van der Waals surface area contributed by atoms with Crippen LogP contribution in [0.3, 0.4) is 0 Å². The monoisotopic (exact) mass is 270 g/mol. The van der Waals surface area contributed by atoms with Crippen molar-refractivity contribution in [1.82, 2.24) is 14.9 Å². The van der Waals surface area contributed by atoms with E-state index in [9.17, 15) is 4.79 Å². The predicted molar refractivity (Wildman–Crippen MR) is 78.6 cm³/mol. The van der Waals surface area contributed by atoms with Crippen LogP contribution in [-0.4, -0.2) is 34.9 Å². The second kappa shape index (κ2) is 6.14. The Morgan fingerprint density at radius 3 is 2.80 bits per heavy atom. The van der Waals surface area contributed by atoms with Crippen molar-refractivity contribution in [1.29, 1.82) is 0 Å². The molecule has 0 aliphatic rings. The molecule has 0 saturated heterocycles. The lowest BCUT2D eigenvalue weighted by atomic mass is 10.1. The maximum atomic E-state index is 11.9. The molecule has 0 aliphatic carbocycles. The Morgan fingerprint density at radius 1 is 1.30 bits per heavy atom. The highest BCUT2D eigenvalue weighted by molar-refractivity contribution is 5.92. The molecule has 0 saturated carbocycles. The van der Waals surface area contributed by atoms with Gasteiger partial charge in [0.15, 0.2) is 0 Å². The Hall–Kier alpha value is -2.43. The number of aromatic nitrogens is 2. The highest BCUT2D eigenvalue weighted by Crippen LogP contribution is 2.12. The molecule has 0 unspecified atom stereocenters. The van der Waals surface area contributed by atoms with Gasteiger partial charge < -0.3 is 10.2 Å². The lowest BCUT2D eigenvalue weighted by Crippen LogP contribution is -2.22. The number of pyridine rings is 2. The van der Waals surface area contributed by atoms with Gasteiger partial charge in [0.05, 0.1) is 0 Å². The van der Waals surface area contributed by atoms with Gasteiger partial charge in [-0.3, -0.25) is 14.8 Å². The van der Waals surface area contributed by atoms with Gasteiger partial charge in [0.2, 0.25) is 0 Å². The second-order valence-electron chi connectivity index (χ2n) is 4.79. The standard InChI is InChI=1S/C15H18N4O/c1-11-9-16-6-4-12(11)10-18-13-5-7-17-14(8-13)15(20)19(2)3/h4-9H,10H2,1-3H3,(H,17,18). The van der Waals surface area contributed by atoms with E-state index in [1.165, 1.54) is 10.5 Å². The maximum absolute atomic E-state index is 11.9. The summed E-state index contributed by atoms with van der Waals surface area (Å²) in [6.07, 6.45) is 5.25. The summed E-state index contributed by atoms with van der Waals surface area (Å²) in [7, 11) is 3.43. The van der Waals surface area contributed by atoms with Crippen LogP contribution >= 0.6 is 0 Å². The summed E-state index contributed by atoms with van der Waals surface area (Å²) in [5, 5.41) is 3.30. The molecule has 0 radical (unpaired) electrons. The molecule has 2 rings (SSSR count). The molecule has 2 heterocycles. The number of carbonyl (C=O) groups excluding carboxylic acids is 1. The Balaban J connectivity index is 2.09. The Kier molecular flexibility index (Phi) is 4.30. The fourth-order valence-electron chi connectivity index (χ4n) is 1.78. The molecular weight excluding hydrogens is 252 g/mol. The Morgan fingerprint density at radius 2 is 2.10 bits per heavy atom. The van der Waals surface area contributed by atoms with Gasteiger partial charge in [-0.2, -0.15) is 0 Å². The summed E-state index contributed by atoms with van der Waals surface area (Å²) in [4.78, 5) is 21.5. The SMILES string of the molecule is Cc1cnccc1CNc1ccnc(C(=O)N(C)C)c1. The Labute approximate surface area is 118 Å². The van der Waals surface area contributed by atoms with Crippen molar-refractivity contribution in [2.24, 2.45) is 0 Å². The van der Waals surface area contributed by atoms with Crippen molar-refractivity contribution in [2.45, 2.75) is 13.5 Å². The van der Waals surface area contributed by atoms with Crippen molar-refractivity contribution < 1.29 is 4.79 Å². The van der Waals surface area contributed by atoms with Crippen LogP contribution in [0.1, 0.15) is 21.6 Å². The van der Waals surface area contributed by atoms with Crippen molar-refractivity contribution >= 4 is 11.6 Å². The van der Waals surface area contributed by atoms with Crippen LogP contribution in [0.15, 0.2) is 36.8 Å². The van der Waals surface area contributed by atoms with Crippen LogP contribution < -0.4 is 5.32 Å². The molecule has 0 bridgehead atoms. The quantitative estimate of drug-likeness (QED) is 0.924. The highest BCUT2D eigenvalue weighted by atomic mass is 16.2. The van der Waals surface area contributed by atoms with Crippen LogP contribution in [0, 0.1) is 6.92 Å². The molecular formula is C15H18N4O. The number of anilines is 1. The molecule has 0 atom stereocenters. The molecule has 1 N–H and O–H groups in total. The molecule has 0 fully saturated rings. The number of nitrogens with one attached hydrogen (secondary N) is 1. The van der Waals surface area contributed by atoms with Crippen LogP contribution in [0.2, 0.25) is 0 Å². The van der Waals surface area contributed by atoms with E-state index in [-0.39, 0.29) is 5.91 Å². The number of hydrogen-bond acceptors (Lipinski definition) is 4. The average Bonchev–Trinajstić information content (AvgIpc) is 2.46. The normalized spacial score (nSPS) is 10.2. The third-order valence-corrected chi connectivity index (χ3v) is 3.00. The molecule has 5 nitrogen and oxygen atoms in total. The zero-order valence-electron chi connectivity index (χ0n) is 11.9. The van der Waals surface area contributed by atoms with Crippen LogP contribution in [0.25, 0.3) is 0 Å². The van der Waals surface area contributed by atoms with E-state index in [4.69, 9.17) is 0 Å². The largest absolute Gasteiger partial charge is 0.381 e. The van der Waals surface area contributed by atoms with E-state index >= 15 is 0 Å². The third-order valence-electron chi connectivity index (χ3n) is 3.00. The van der Waals surface area contributed by atoms with E-state index < -0.39 is 0 Å². The Bertz CT molecular complexity index is 610. The topological polar surface area (TPSA) is 58.1 Å². The lowest BCUT2D eigenvalue weighted by Gasteiger charge is -2.12. The number of rotatable bonds is 4. The predicted octanol–water partition coefficient (Wildman–Crippen LogP) is 2.10. The second-order valence-corrected chi connectivity index (χ2v) is 4.79. The molecule has 2 aromatic rings. The van der Waals surface area contributed by atoms with Gasteiger partial charge in [0.1, 0.15) is 5.69 Å². The number of nitrogens with zero attached hydrogens (tertiary/aromatic N) is 3. The van der Waals surface area contributed by atoms with E-state index in [0.29, 0.717) is 12.2 Å². The van der Waals surface area contributed by atoms with Crippen molar-refractivity contribution in [3.8, 4) is 0 Å². The van der Waals surface area contributed by atoms with Gasteiger partial charge in [-0.15, -0.1) is 0 Å². The van der Waals surface area contributed by atoms with Gasteiger partial charge in [-0.25, -0.2) is 0 Å². The first-order valence-electron chi connectivity index (χ1n) is 6.39. The molecule has 0 aliphatic heterocycles. The lowest BCUT2D eigenvalue weighted by molar-refractivity contribution is 0.0822. The van der Waals surface area contributed by atoms with Gasteiger partial charge >= 0.3 is 0 Å². The molecule has 104 valence electrons. The smallest absolute Gasteiger partial charge is 0.272 e. The molecule has 20 heavy (non-hydrogen) atoms. The minimum atomic E-state index is -0.103. The summed E-state index contributed by atoms with van der Waals surface area (Å²) >= 11 is 0. The summed E-state index contributed by atoms with van der Waals surface area (Å²) in [5.74, 6) is -0.103. The summed E-state index contributed by atoms with van der Waals surface area (Å²) in [6.45, 7) is 2.71. The minimum absolute atomic E-state index is 0.103.